The molecule has 3 rings (SSSR count). The first-order valence-electron chi connectivity index (χ1n) is 9.05. The van der Waals surface area contributed by atoms with E-state index < -0.39 is 10.0 Å². The lowest BCUT2D eigenvalue weighted by molar-refractivity contribution is -0.126. The summed E-state index contributed by atoms with van der Waals surface area (Å²) in [5.41, 5.74) is 0.443. The second-order valence-corrected chi connectivity index (χ2v) is 10.8. The minimum Gasteiger partial charge on any atom is -0.352 e. The fourth-order valence-corrected chi connectivity index (χ4v) is 6.49. The third-order valence-corrected chi connectivity index (χ3v) is 8.77. The Morgan fingerprint density at radius 2 is 1.96 bits per heavy atom. The lowest BCUT2D eigenvalue weighted by Crippen LogP contribution is -2.42. The van der Waals surface area contributed by atoms with Gasteiger partial charge in [0.1, 0.15) is 10.0 Å². The Morgan fingerprint density at radius 1 is 1.29 bits per heavy atom. The van der Waals surface area contributed by atoms with Crippen LogP contribution in [0, 0.1) is 17.7 Å². The number of rotatable bonds is 6. The maximum Gasteiger partial charge on any atom is 0.252 e. The van der Waals surface area contributed by atoms with Crippen LogP contribution >= 0.6 is 22.9 Å². The lowest BCUT2D eigenvalue weighted by Gasteiger charge is -2.33. The van der Waals surface area contributed by atoms with Gasteiger partial charge in [0.2, 0.25) is 5.91 Å². The summed E-state index contributed by atoms with van der Waals surface area (Å²) in [6.07, 6.45) is 1.21. The molecular weight excluding hydrogens is 423 g/mol. The Hall–Kier alpha value is -1.48. The van der Waals surface area contributed by atoms with Gasteiger partial charge in [-0.15, -0.1) is 11.3 Å². The zero-order chi connectivity index (χ0) is 20.3. The molecule has 1 fully saturated rings. The van der Waals surface area contributed by atoms with Crippen LogP contribution in [0.15, 0.2) is 40.6 Å². The molecule has 1 saturated heterocycles. The van der Waals surface area contributed by atoms with Gasteiger partial charge in [0.25, 0.3) is 10.0 Å². The average molecular weight is 445 g/mol. The third-order valence-electron chi connectivity index (χ3n) is 5.17. The highest BCUT2D eigenvalue weighted by Crippen LogP contribution is 2.32. The van der Waals surface area contributed by atoms with Gasteiger partial charge in [-0.1, -0.05) is 36.7 Å². The predicted octanol–water partition coefficient (Wildman–Crippen LogP) is 3.89. The summed E-state index contributed by atoms with van der Waals surface area (Å²) in [7, 11) is -3.54. The number of amides is 1. The Labute approximate surface area is 173 Å². The van der Waals surface area contributed by atoms with Gasteiger partial charge >= 0.3 is 0 Å². The molecule has 5 nitrogen and oxygen atoms in total. The molecule has 1 aliphatic heterocycles. The van der Waals surface area contributed by atoms with E-state index in [-0.39, 0.29) is 34.3 Å². The van der Waals surface area contributed by atoms with Crippen LogP contribution in [0.2, 0.25) is 4.34 Å². The van der Waals surface area contributed by atoms with E-state index >= 15 is 0 Å². The largest absolute Gasteiger partial charge is 0.352 e. The van der Waals surface area contributed by atoms with Crippen LogP contribution in [0.3, 0.4) is 0 Å². The van der Waals surface area contributed by atoms with Crippen LogP contribution < -0.4 is 5.32 Å². The van der Waals surface area contributed by atoms with Crippen LogP contribution in [0.5, 0.6) is 0 Å². The van der Waals surface area contributed by atoms with Gasteiger partial charge in [-0.05, 0) is 37.0 Å². The number of benzene rings is 1. The fourth-order valence-electron chi connectivity index (χ4n) is 3.38. The number of carbonyl (C=O) groups excluding carboxylic acids is 1. The van der Waals surface area contributed by atoms with E-state index in [0.717, 1.165) is 11.3 Å². The molecule has 1 aliphatic rings. The van der Waals surface area contributed by atoms with E-state index in [4.69, 9.17) is 11.6 Å². The summed E-state index contributed by atoms with van der Waals surface area (Å²) < 4.78 is 41.1. The van der Waals surface area contributed by atoms with Crippen molar-refractivity contribution in [3.63, 3.8) is 0 Å². The number of hydrogen-bond donors (Lipinski definition) is 1. The highest BCUT2D eigenvalue weighted by Gasteiger charge is 2.34. The van der Waals surface area contributed by atoms with Crippen molar-refractivity contribution >= 4 is 38.9 Å². The van der Waals surface area contributed by atoms with Crippen LogP contribution in [-0.2, 0) is 21.4 Å². The zero-order valence-electron chi connectivity index (χ0n) is 15.4. The molecular formula is C19H22ClFN2O3S2. The van der Waals surface area contributed by atoms with Gasteiger partial charge in [-0.3, -0.25) is 4.79 Å². The van der Waals surface area contributed by atoms with Crippen LogP contribution in [0.4, 0.5) is 4.39 Å². The van der Waals surface area contributed by atoms with E-state index in [2.05, 4.69) is 5.32 Å². The molecule has 1 aromatic heterocycles. The molecule has 1 aromatic carbocycles. The zero-order valence-corrected chi connectivity index (χ0v) is 17.8. The highest BCUT2D eigenvalue weighted by molar-refractivity contribution is 7.91. The van der Waals surface area contributed by atoms with Crippen molar-refractivity contribution in [3.8, 4) is 0 Å². The summed E-state index contributed by atoms with van der Waals surface area (Å²) >= 11 is 6.90. The molecule has 28 heavy (non-hydrogen) atoms. The van der Waals surface area contributed by atoms with Gasteiger partial charge in [-0.2, -0.15) is 4.31 Å². The quantitative estimate of drug-likeness (QED) is 0.734. The predicted molar refractivity (Wildman–Crippen MR) is 108 cm³/mol. The molecule has 0 spiro atoms. The minimum atomic E-state index is -3.54. The summed E-state index contributed by atoms with van der Waals surface area (Å²) in [4.78, 5) is 12.5. The lowest BCUT2D eigenvalue weighted by atomic mass is 9.85. The first-order chi connectivity index (χ1) is 13.3. The summed E-state index contributed by atoms with van der Waals surface area (Å²) in [5, 5.41) is 2.78. The molecule has 0 aliphatic carbocycles. The summed E-state index contributed by atoms with van der Waals surface area (Å²) in [6, 6.07) is 9.43. The number of hydrogen-bond acceptors (Lipinski definition) is 4. The van der Waals surface area contributed by atoms with Gasteiger partial charge in [0.15, 0.2) is 0 Å². The standard InChI is InChI=1S/C19H22ClFN2O3S2/c1-13(19(24)22-12-15-4-2-3-5-16(15)21)14-8-10-23(11-9-14)28(25,26)18-7-6-17(20)27-18/h2-7,13-14H,8-12H2,1H3,(H,22,24)/t13-/m1/s1. The van der Waals surface area contributed by atoms with E-state index in [9.17, 15) is 17.6 Å². The van der Waals surface area contributed by atoms with E-state index in [1.807, 2.05) is 6.92 Å². The highest BCUT2D eigenvalue weighted by atomic mass is 35.5. The number of piperidine rings is 1. The molecule has 1 amide bonds. The molecule has 2 heterocycles. The van der Waals surface area contributed by atoms with Crippen molar-refractivity contribution < 1.29 is 17.6 Å². The number of carbonyl (C=O) groups is 1. The Kier molecular flexibility index (Phi) is 6.75. The average Bonchev–Trinajstić information content (AvgIpc) is 3.14. The molecule has 0 unspecified atom stereocenters. The first-order valence-corrected chi connectivity index (χ1v) is 11.7. The van der Waals surface area contributed by atoms with Gasteiger partial charge in [-0.25, -0.2) is 12.8 Å². The second-order valence-electron chi connectivity index (χ2n) is 6.90. The molecule has 0 radical (unpaired) electrons. The maximum atomic E-state index is 13.7. The smallest absolute Gasteiger partial charge is 0.252 e. The number of thiophene rings is 1. The summed E-state index contributed by atoms with van der Waals surface area (Å²) in [6.45, 7) is 2.72. The molecule has 0 saturated carbocycles. The van der Waals surface area contributed by atoms with Gasteiger partial charge < -0.3 is 5.32 Å². The number of nitrogens with one attached hydrogen (secondary N) is 1. The van der Waals surface area contributed by atoms with E-state index in [1.54, 1.807) is 24.3 Å². The van der Waals surface area contributed by atoms with Crippen molar-refractivity contribution in [1.82, 2.24) is 9.62 Å². The molecule has 152 valence electrons. The number of nitrogens with zero attached hydrogens (tertiary/aromatic N) is 1. The first kappa shape index (κ1) is 21.2. The van der Waals surface area contributed by atoms with Crippen LogP contribution in [0.25, 0.3) is 0 Å². The molecule has 0 bridgehead atoms. The third kappa shape index (κ3) is 4.74. The SMILES string of the molecule is C[C@@H](C(=O)NCc1ccccc1F)C1CCN(S(=O)(=O)c2ccc(Cl)s2)CC1. The molecule has 9 heteroatoms. The fraction of sp³-hybridized carbons (Fsp3) is 0.421. The van der Waals surface area contributed by atoms with Gasteiger partial charge in [0, 0.05) is 31.1 Å². The number of sulfonamides is 1. The maximum absolute atomic E-state index is 13.7. The number of halogens is 2. The molecule has 1 N–H and O–H groups in total. The van der Waals surface area contributed by atoms with Crippen molar-refractivity contribution in [2.45, 2.75) is 30.5 Å². The topological polar surface area (TPSA) is 66.5 Å². The van der Waals surface area contributed by atoms with E-state index in [1.165, 1.54) is 16.4 Å². The molecule has 2 aromatic rings. The van der Waals surface area contributed by atoms with Crippen molar-refractivity contribution in [1.29, 1.82) is 0 Å². The van der Waals surface area contributed by atoms with Crippen LogP contribution in [0.1, 0.15) is 25.3 Å². The molecule has 1 atom stereocenters. The summed E-state index contributed by atoms with van der Waals surface area (Å²) in [5.74, 6) is -0.677. The van der Waals surface area contributed by atoms with Crippen molar-refractivity contribution in [2.75, 3.05) is 13.1 Å². The van der Waals surface area contributed by atoms with Crippen molar-refractivity contribution in [2.24, 2.45) is 11.8 Å². The minimum absolute atomic E-state index is 0.0824. The van der Waals surface area contributed by atoms with Crippen LogP contribution in [-0.4, -0.2) is 31.7 Å². The van der Waals surface area contributed by atoms with Gasteiger partial charge in [0.05, 0.1) is 4.34 Å². The Morgan fingerprint density at radius 3 is 2.57 bits per heavy atom. The van der Waals surface area contributed by atoms with E-state index in [0.29, 0.717) is 35.8 Å². The Balaban J connectivity index is 1.54. The Bertz CT molecular complexity index is 940. The van der Waals surface area contributed by atoms with Crippen molar-refractivity contribution in [3.05, 3.63) is 52.1 Å². The monoisotopic (exact) mass is 444 g/mol. The second kappa shape index (κ2) is 8.90. The normalized spacial score (nSPS) is 17.4.